The third-order valence-corrected chi connectivity index (χ3v) is 4.03. The first kappa shape index (κ1) is 19.9. The molecule has 0 spiro atoms. The molecule has 1 aromatic heterocycles. The largest absolute Gasteiger partial charge is 0.480 e. The van der Waals surface area contributed by atoms with Crippen LogP contribution in [-0.4, -0.2) is 45.5 Å². The van der Waals surface area contributed by atoms with Gasteiger partial charge in [0.05, 0.1) is 24.8 Å². The van der Waals surface area contributed by atoms with E-state index in [0.29, 0.717) is 16.5 Å². The van der Waals surface area contributed by atoms with E-state index in [2.05, 4.69) is 5.10 Å². The molecule has 1 atom stereocenters. The van der Waals surface area contributed by atoms with Crippen LogP contribution in [0.2, 0.25) is 0 Å². The molecule has 0 saturated carbocycles. The maximum absolute atomic E-state index is 14.1. The minimum absolute atomic E-state index is 0.0474. The van der Waals surface area contributed by atoms with Crippen molar-refractivity contribution >= 4 is 16.7 Å². The molecule has 0 aliphatic carbocycles. The minimum Gasteiger partial charge on any atom is -0.480 e. The molecule has 2 aromatic carbocycles. The number of aromatic nitrogens is 2. The lowest BCUT2D eigenvalue weighted by molar-refractivity contribution is -0.153. The van der Waals surface area contributed by atoms with Crippen LogP contribution >= 0.6 is 0 Å². The van der Waals surface area contributed by atoms with Crippen LogP contribution in [0.25, 0.3) is 22.0 Å². The van der Waals surface area contributed by atoms with Crippen molar-refractivity contribution in [3.8, 4) is 16.9 Å². The maximum atomic E-state index is 14.1. The van der Waals surface area contributed by atoms with Crippen molar-refractivity contribution < 1.29 is 32.5 Å². The van der Waals surface area contributed by atoms with Crippen molar-refractivity contribution in [2.24, 2.45) is 0 Å². The van der Waals surface area contributed by atoms with E-state index in [0.717, 1.165) is 6.07 Å². The number of fused-ring (bicyclic) bond motifs is 1. The summed E-state index contributed by atoms with van der Waals surface area (Å²) in [6.45, 7) is -2.16. The Morgan fingerprint density at radius 3 is 2.64 bits per heavy atom. The number of para-hydroxylation sites is 1. The topological polar surface area (TPSA) is 93.5 Å². The summed E-state index contributed by atoms with van der Waals surface area (Å²) in [7, 11) is 0. The van der Waals surface area contributed by atoms with E-state index >= 15 is 0 Å². The summed E-state index contributed by atoms with van der Waals surface area (Å²) in [6.07, 6.45) is -5.69. The molecule has 0 fully saturated rings. The maximum Gasteiger partial charge on any atom is 0.422 e. The molecule has 3 aromatic rings. The van der Waals surface area contributed by atoms with E-state index in [1.54, 1.807) is 18.2 Å². The first-order valence-electron chi connectivity index (χ1n) is 8.23. The summed E-state index contributed by atoms with van der Waals surface area (Å²) >= 11 is 0. The summed E-state index contributed by atoms with van der Waals surface area (Å²) in [5.74, 6) is -1.27. The fraction of sp³-hybridized carbons (Fsp3) is 0.278. The molecule has 6 nitrogen and oxygen atoms in total. The number of rotatable bonds is 6. The molecule has 1 unspecified atom stereocenters. The average molecular weight is 399 g/mol. The zero-order valence-electron chi connectivity index (χ0n) is 14.4. The van der Waals surface area contributed by atoms with Gasteiger partial charge in [0.2, 0.25) is 0 Å². The van der Waals surface area contributed by atoms with Crippen LogP contribution in [0.3, 0.4) is 0 Å². The molecule has 0 aliphatic heterocycles. The first-order chi connectivity index (χ1) is 13.2. The Balaban J connectivity index is 2.06. The van der Waals surface area contributed by atoms with E-state index in [9.17, 15) is 22.7 Å². The molecular formula is C18H17F4N3O3. The first-order valence-corrected chi connectivity index (χ1v) is 8.23. The highest BCUT2D eigenvalue weighted by molar-refractivity contribution is 5.93. The van der Waals surface area contributed by atoms with E-state index in [1.807, 2.05) is 0 Å². The number of benzene rings is 2. The average Bonchev–Trinajstić information content (AvgIpc) is 2.94. The van der Waals surface area contributed by atoms with Gasteiger partial charge in [-0.3, -0.25) is 4.68 Å². The summed E-state index contributed by atoms with van der Waals surface area (Å²) in [4.78, 5) is 0. The highest BCUT2D eigenvalue weighted by Gasteiger charge is 2.29. The number of hydrogen-bond donors (Lipinski definition) is 3. The van der Waals surface area contributed by atoms with Gasteiger partial charge in [0.25, 0.3) is 0 Å². The summed E-state index contributed by atoms with van der Waals surface area (Å²) in [5.41, 5.74) is 6.82. The Bertz CT molecular complexity index is 988. The van der Waals surface area contributed by atoms with Crippen molar-refractivity contribution in [1.29, 1.82) is 0 Å². The van der Waals surface area contributed by atoms with Crippen LogP contribution in [0, 0.1) is 5.82 Å². The molecular weight excluding hydrogens is 382 g/mol. The van der Waals surface area contributed by atoms with Crippen LogP contribution in [0.4, 0.5) is 23.4 Å². The lowest BCUT2D eigenvalue weighted by atomic mass is 10.0. The summed E-state index contributed by atoms with van der Waals surface area (Å²) < 4.78 is 57.7. The van der Waals surface area contributed by atoms with E-state index < -0.39 is 37.1 Å². The van der Waals surface area contributed by atoms with Gasteiger partial charge in [-0.25, -0.2) is 4.39 Å². The number of halogens is 4. The van der Waals surface area contributed by atoms with Gasteiger partial charge in [0, 0.05) is 10.9 Å². The number of nitrogens with two attached hydrogens (primary N) is 1. The second kappa shape index (κ2) is 7.64. The van der Waals surface area contributed by atoms with Gasteiger partial charge in [-0.1, -0.05) is 18.2 Å². The van der Waals surface area contributed by atoms with Crippen LogP contribution < -0.4 is 10.5 Å². The molecule has 0 radical (unpaired) electrons. The Hall–Kier alpha value is -2.85. The zero-order chi connectivity index (χ0) is 20.5. The highest BCUT2D eigenvalue weighted by atomic mass is 19.4. The molecule has 0 amide bonds. The number of anilines is 1. The van der Waals surface area contributed by atoms with Crippen molar-refractivity contribution in [2.75, 3.05) is 18.9 Å². The third kappa shape index (κ3) is 4.18. The fourth-order valence-electron chi connectivity index (χ4n) is 2.80. The Labute approximate surface area is 156 Å². The molecule has 1 heterocycles. The van der Waals surface area contributed by atoms with Gasteiger partial charge >= 0.3 is 6.18 Å². The molecule has 0 saturated heterocycles. The SMILES string of the molecule is Nc1nn(CC(O)CO)c2cc(-c3cccc(F)c3OCC(F)(F)F)ccc12. The predicted octanol–water partition coefficient (Wildman–Crippen LogP) is 2.72. The lowest BCUT2D eigenvalue weighted by Gasteiger charge is -2.14. The van der Waals surface area contributed by atoms with Gasteiger partial charge in [0.15, 0.2) is 24.0 Å². The number of aliphatic hydroxyl groups is 2. The molecule has 150 valence electrons. The van der Waals surface area contributed by atoms with Gasteiger partial charge in [-0.15, -0.1) is 0 Å². The second-order valence-electron chi connectivity index (χ2n) is 6.16. The summed E-state index contributed by atoms with van der Waals surface area (Å²) in [6, 6.07) is 8.50. The number of ether oxygens (including phenoxy) is 1. The van der Waals surface area contributed by atoms with Crippen molar-refractivity contribution in [1.82, 2.24) is 9.78 Å². The molecule has 28 heavy (non-hydrogen) atoms. The number of nitrogens with zero attached hydrogens (tertiary/aromatic N) is 2. The summed E-state index contributed by atoms with van der Waals surface area (Å²) in [5, 5.41) is 23.3. The quantitative estimate of drug-likeness (QED) is 0.555. The number of alkyl halides is 3. The fourth-order valence-corrected chi connectivity index (χ4v) is 2.80. The molecule has 4 N–H and O–H groups in total. The predicted molar refractivity (Wildman–Crippen MR) is 94.2 cm³/mol. The Morgan fingerprint density at radius 1 is 1.21 bits per heavy atom. The monoisotopic (exact) mass is 399 g/mol. The minimum atomic E-state index is -4.61. The van der Waals surface area contributed by atoms with Gasteiger partial charge < -0.3 is 20.7 Å². The smallest absolute Gasteiger partial charge is 0.422 e. The Morgan fingerprint density at radius 2 is 1.96 bits per heavy atom. The van der Waals surface area contributed by atoms with Crippen molar-refractivity contribution in [3.63, 3.8) is 0 Å². The van der Waals surface area contributed by atoms with Gasteiger partial charge in [-0.05, 0) is 23.8 Å². The lowest BCUT2D eigenvalue weighted by Crippen LogP contribution is -2.20. The van der Waals surface area contributed by atoms with Crippen molar-refractivity contribution in [2.45, 2.75) is 18.8 Å². The van der Waals surface area contributed by atoms with E-state index in [1.165, 1.54) is 16.8 Å². The number of hydrogen-bond acceptors (Lipinski definition) is 5. The standard InChI is InChI=1S/C18H17F4N3O3/c19-14-3-1-2-12(16(14)28-9-18(20,21)22)10-4-5-13-15(6-10)25(24-17(13)23)7-11(27)8-26/h1-6,11,26-27H,7-9H2,(H2,23,24). The molecule has 10 heteroatoms. The van der Waals surface area contributed by atoms with Crippen molar-refractivity contribution in [3.05, 3.63) is 42.2 Å². The normalized spacial score (nSPS) is 13.1. The molecule has 0 bridgehead atoms. The number of nitrogen functional groups attached to an aromatic ring is 1. The third-order valence-electron chi connectivity index (χ3n) is 4.03. The highest BCUT2D eigenvalue weighted by Crippen LogP contribution is 2.36. The Kier molecular flexibility index (Phi) is 5.43. The zero-order valence-corrected chi connectivity index (χ0v) is 14.4. The van der Waals surface area contributed by atoms with Crippen LogP contribution in [0.15, 0.2) is 36.4 Å². The van der Waals surface area contributed by atoms with Gasteiger partial charge in [0.1, 0.15) is 0 Å². The van der Waals surface area contributed by atoms with Gasteiger partial charge in [-0.2, -0.15) is 18.3 Å². The molecule has 3 rings (SSSR count). The number of aliphatic hydroxyl groups excluding tert-OH is 2. The second-order valence-corrected chi connectivity index (χ2v) is 6.16. The van der Waals surface area contributed by atoms with E-state index in [-0.39, 0.29) is 17.9 Å². The van der Waals surface area contributed by atoms with Crippen LogP contribution in [-0.2, 0) is 6.54 Å². The van der Waals surface area contributed by atoms with Crippen LogP contribution in [0.1, 0.15) is 0 Å². The van der Waals surface area contributed by atoms with E-state index in [4.69, 9.17) is 15.6 Å². The molecule has 0 aliphatic rings. The van der Waals surface area contributed by atoms with Crippen LogP contribution in [0.5, 0.6) is 5.75 Å².